The van der Waals surface area contributed by atoms with Gasteiger partial charge in [-0.15, -0.1) is 0 Å². The molecule has 0 aromatic carbocycles. The normalized spacial score (nSPS) is 18.7. The minimum atomic E-state index is 0.0580. The predicted octanol–water partition coefficient (Wildman–Crippen LogP) is 0.930. The number of likely N-dealkylation sites (tertiary alicyclic amines) is 1. The van der Waals surface area contributed by atoms with E-state index in [4.69, 9.17) is 5.73 Å². The Hall–Kier alpha value is -1.46. The van der Waals surface area contributed by atoms with Crippen molar-refractivity contribution in [3.05, 3.63) is 30.1 Å². The highest BCUT2D eigenvalue weighted by Crippen LogP contribution is 2.25. The maximum Gasteiger partial charge on any atom is 0.216 e. The molecule has 1 atom stereocenters. The van der Waals surface area contributed by atoms with Gasteiger partial charge in [-0.2, -0.15) is 0 Å². The average molecular weight is 276 g/mol. The van der Waals surface area contributed by atoms with E-state index in [-0.39, 0.29) is 11.9 Å². The van der Waals surface area contributed by atoms with E-state index in [2.05, 4.69) is 21.3 Å². The van der Waals surface area contributed by atoms with E-state index in [1.54, 1.807) is 13.1 Å². The molecule has 1 fully saturated rings. The van der Waals surface area contributed by atoms with Gasteiger partial charge in [-0.05, 0) is 43.5 Å². The third kappa shape index (κ3) is 4.02. The molecule has 1 aromatic rings. The van der Waals surface area contributed by atoms with Crippen LogP contribution in [0.15, 0.2) is 24.5 Å². The fourth-order valence-electron chi connectivity index (χ4n) is 2.83. The summed E-state index contributed by atoms with van der Waals surface area (Å²) in [6, 6.07) is 4.31. The van der Waals surface area contributed by atoms with Crippen molar-refractivity contribution in [1.82, 2.24) is 15.2 Å². The fourth-order valence-corrected chi connectivity index (χ4v) is 2.83. The third-order valence-electron chi connectivity index (χ3n) is 4.02. The Morgan fingerprint density at radius 2 is 2.30 bits per heavy atom. The smallest absolute Gasteiger partial charge is 0.216 e. The first-order chi connectivity index (χ1) is 9.70. The molecular weight excluding hydrogens is 252 g/mol. The number of carbonyl (C=O) groups excluding carboxylic acids is 1. The van der Waals surface area contributed by atoms with Gasteiger partial charge in [0.1, 0.15) is 0 Å². The van der Waals surface area contributed by atoms with E-state index in [1.807, 2.05) is 12.3 Å². The summed E-state index contributed by atoms with van der Waals surface area (Å²) in [7, 11) is 0. The monoisotopic (exact) mass is 276 g/mol. The van der Waals surface area contributed by atoms with Gasteiger partial charge in [0.15, 0.2) is 0 Å². The van der Waals surface area contributed by atoms with Gasteiger partial charge in [-0.1, -0.05) is 6.07 Å². The lowest BCUT2D eigenvalue weighted by Crippen LogP contribution is -2.42. The standard InChI is InChI=1S/C15H24N4O/c1-12(20)18-10-13-4-7-19(8-5-13)15(9-16)14-3-2-6-17-11-14/h2-3,6,11,13,15H,4-5,7-10,16H2,1H3,(H,18,20). The van der Waals surface area contributed by atoms with Gasteiger partial charge in [0.25, 0.3) is 0 Å². The predicted molar refractivity (Wildman–Crippen MR) is 79.0 cm³/mol. The molecule has 1 saturated heterocycles. The van der Waals surface area contributed by atoms with E-state index >= 15 is 0 Å². The maximum absolute atomic E-state index is 10.9. The molecule has 0 saturated carbocycles. The van der Waals surface area contributed by atoms with Crippen LogP contribution in [0.1, 0.15) is 31.4 Å². The number of carbonyl (C=O) groups is 1. The molecule has 2 rings (SSSR count). The Bertz CT molecular complexity index is 415. The zero-order chi connectivity index (χ0) is 14.4. The van der Waals surface area contributed by atoms with Gasteiger partial charge in [-0.25, -0.2) is 0 Å². The third-order valence-corrected chi connectivity index (χ3v) is 4.02. The summed E-state index contributed by atoms with van der Waals surface area (Å²) in [5, 5.41) is 2.91. The number of aromatic nitrogens is 1. The summed E-state index contributed by atoms with van der Waals surface area (Å²) >= 11 is 0. The van der Waals surface area contributed by atoms with Crippen LogP contribution in [-0.2, 0) is 4.79 Å². The molecule has 110 valence electrons. The molecule has 1 aromatic heterocycles. The van der Waals surface area contributed by atoms with Gasteiger partial charge >= 0.3 is 0 Å². The van der Waals surface area contributed by atoms with Crippen LogP contribution in [0.2, 0.25) is 0 Å². The molecule has 1 amide bonds. The summed E-state index contributed by atoms with van der Waals surface area (Å²) in [6.45, 7) is 5.04. The molecule has 1 aliphatic heterocycles. The minimum absolute atomic E-state index is 0.0580. The number of amides is 1. The van der Waals surface area contributed by atoms with Crippen LogP contribution in [0.3, 0.4) is 0 Å². The van der Waals surface area contributed by atoms with Crippen molar-refractivity contribution in [2.75, 3.05) is 26.2 Å². The van der Waals surface area contributed by atoms with Crippen molar-refractivity contribution in [1.29, 1.82) is 0 Å². The zero-order valence-electron chi connectivity index (χ0n) is 12.1. The van der Waals surface area contributed by atoms with E-state index in [1.165, 1.54) is 5.56 Å². The van der Waals surface area contributed by atoms with Crippen LogP contribution < -0.4 is 11.1 Å². The number of hydrogen-bond donors (Lipinski definition) is 2. The van der Waals surface area contributed by atoms with Crippen LogP contribution in [0.5, 0.6) is 0 Å². The fraction of sp³-hybridized carbons (Fsp3) is 0.600. The second-order valence-electron chi connectivity index (χ2n) is 5.45. The Kier molecular flexibility index (Phi) is 5.49. The molecule has 1 aliphatic rings. The quantitative estimate of drug-likeness (QED) is 0.839. The lowest BCUT2D eigenvalue weighted by molar-refractivity contribution is -0.119. The molecule has 0 spiro atoms. The zero-order valence-corrected chi connectivity index (χ0v) is 12.1. The number of pyridine rings is 1. The molecular formula is C15H24N4O. The number of nitrogens with one attached hydrogen (secondary N) is 1. The van der Waals surface area contributed by atoms with Gasteiger partial charge in [0.2, 0.25) is 5.91 Å². The molecule has 1 unspecified atom stereocenters. The average Bonchev–Trinajstić information content (AvgIpc) is 2.48. The first-order valence-electron chi connectivity index (χ1n) is 7.29. The molecule has 2 heterocycles. The highest BCUT2D eigenvalue weighted by atomic mass is 16.1. The lowest BCUT2D eigenvalue weighted by Gasteiger charge is -2.37. The molecule has 0 radical (unpaired) electrons. The highest BCUT2D eigenvalue weighted by Gasteiger charge is 2.25. The van der Waals surface area contributed by atoms with Gasteiger partial charge < -0.3 is 11.1 Å². The van der Waals surface area contributed by atoms with E-state index in [0.29, 0.717) is 12.5 Å². The van der Waals surface area contributed by atoms with Gasteiger partial charge in [-0.3, -0.25) is 14.7 Å². The van der Waals surface area contributed by atoms with Crippen LogP contribution in [0, 0.1) is 5.92 Å². The van der Waals surface area contributed by atoms with E-state index in [9.17, 15) is 4.79 Å². The van der Waals surface area contributed by atoms with Crippen molar-refractivity contribution < 1.29 is 4.79 Å². The second kappa shape index (κ2) is 7.36. The number of piperidine rings is 1. The van der Waals surface area contributed by atoms with E-state index in [0.717, 1.165) is 32.5 Å². The van der Waals surface area contributed by atoms with Crippen molar-refractivity contribution in [3.8, 4) is 0 Å². The van der Waals surface area contributed by atoms with Crippen molar-refractivity contribution in [3.63, 3.8) is 0 Å². The summed E-state index contributed by atoms with van der Waals surface area (Å²) in [4.78, 5) is 17.6. The topological polar surface area (TPSA) is 71.2 Å². The van der Waals surface area contributed by atoms with Crippen LogP contribution in [-0.4, -0.2) is 42.0 Å². The van der Waals surface area contributed by atoms with Gasteiger partial charge in [0.05, 0.1) is 0 Å². The first kappa shape index (κ1) is 14.9. The Morgan fingerprint density at radius 1 is 1.55 bits per heavy atom. The molecule has 5 nitrogen and oxygen atoms in total. The minimum Gasteiger partial charge on any atom is -0.356 e. The van der Waals surface area contributed by atoms with Crippen molar-refractivity contribution in [2.45, 2.75) is 25.8 Å². The van der Waals surface area contributed by atoms with Gasteiger partial charge in [0, 0.05) is 38.4 Å². The molecule has 0 bridgehead atoms. The largest absolute Gasteiger partial charge is 0.356 e. The summed E-state index contributed by atoms with van der Waals surface area (Å²) in [5.41, 5.74) is 7.13. The summed E-state index contributed by atoms with van der Waals surface area (Å²) in [5.74, 6) is 0.644. The van der Waals surface area contributed by atoms with Crippen molar-refractivity contribution in [2.24, 2.45) is 11.7 Å². The highest BCUT2D eigenvalue weighted by molar-refractivity contribution is 5.72. The molecule has 5 heteroatoms. The Morgan fingerprint density at radius 3 is 2.85 bits per heavy atom. The molecule has 0 aliphatic carbocycles. The van der Waals surface area contributed by atoms with Crippen LogP contribution >= 0.6 is 0 Å². The van der Waals surface area contributed by atoms with Crippen LogP contribution in [0.25, 0.3) is 0 Å². The van der Waals surface area contributed by atoms with Crippen LogP contribution in [0.4, 0.5) is 0 Å². The molecule has 3 N–H and O–H groups in total. The Balaban J connectivity index is 1.87. The first-order valence-corrected chi connectivity index (χ1v) is 7.29. The Labute approximate surface area is 120 Å². The summed E-state index contributed by atoms with van der Waals surface area (Å²) < 4.78 is 0. The maximum atomic E-state index is 10.9. The number of hydrogen-bond acceptors (Lipinski definition) is 4. The number of nitrogens with two attached hydrogens (primary N) is 1. The van der Waals surface area contributed by atoms with E-state index < -0.39 is 0 Å². The summed E-state index contributed by atoms with van der Waals surface area (Å²) in [6.07, 6.45) is 5.91. The number of rotatable bonds is 5. The SMILES string of the molecule is CC(=O)NCC1CCN(C(CN)c2cccnc2)CC1. The second-order valence-corrected chi connectivity index (χ2v) is 5.45. The number of nitrogens with zero attached hydrogens (tertiary/aromatic N) is 2. The lowest BCUT2D eigenvalue weighted by atomic mass is 9.94. The molecule has 20 heavy (non-hydrogen) atoms. The van der Waals surface area contributed by atoms with Crippen molar-refractivity contribution >= 4 is 5.91 Å².